The molecule has 1 heterocycles. The number of nitro benzene ring substituents is 1. The number of rotatable bonds is 11. The Kier molecular flexibility index (Phi) is 8.42. The molecule has 0 fully saturated rings. The summed E-state index contributed by atoms with van der Waals surface area (Å²) in [6.45, 7) is 2.64. The van der Waals surface area contributed by atoms with E-state index in [0.717, 1.165) is 37.4 Å². The van der Waals surface area contributed by atoms with Crippen molar-refractivity contribution < 1.29 is 14.5 Å². The molecule has 1 N–H and O–H groups in total. The van der Waals surface area contributed by atoms with Crippen LogP contribution in [0.2, 0.25) is 0 Å². The Morgan fingerprint density at radius 1 is 1.21 bits per heavy atom. The molecule has 2 aromatic carbocycles. The zero-order valence-electron chi connectivity index (χ0n) is 18.6. The number of thioether (sulfide) groups is 1. The molecule has 174 valence electrons. The summed E-state index contributed by atoms with van der Waals surface area (Å²) in [5, 5.41) is 14.9. The number of nitrogens with one attached hydrogen (secondary N) is 1. The minimum atomic E-state index is -0.579. The standard InChI is InChI=1S/C23H26N4O5S/c1-3-4-5-8-13-26-22(29)17-9-6-7-10-18(17)25-23(26)33-15-21(28)24-19-12-11-16(32-2)14-20(19)27(30)31/h6-7,9-12,14H,3-5,8,13,15H2,1-2H3,(H,24,28). The minimum absolute atomic E-state index is 0.0527. The van der Waals surface area contributed by atoms with Crippen LogP contribution in [0.4, 0.5) is 11.4 Å². The van der Waals surface area contributed by atoms with Gasteiger partial charge in [-0.05, 0) is 30.7 Å². The van der Waals surface area contributed by atoms with E-state index in [1.807, 2.05) is 6.07 Å². The Bertz CT molecular complexity index is 1210. The minimum Gasteiger partial charge on any atom is -0.496 e. The Morgan fingerprint density at radius 3 is 2.73 bits per heavy atom. The third-order valence-electron chi connectivity index (χ3n) is 5.07. The number of benzene rings is 2. The normalized spacial score (nSPS) is 10.8. The predicted molar refractivity (Wildman–Crippen MR) is 129 cm³/mol. The molecular weight excluding hydrogens is 444 g/mol. The van der Waals surface area contributed by atoms with E-state index in [2.05, 4.69) is 17.2 Å². The van der Waals surface area contributed by atoms with E-state index in [4.69, 9.17) is 4.74 Å². The van der Waals surface area contributed by atoms with Gasteiger partial charge >= 0.3 is 0 Å². The van der Waals surface area contributed by atoms with E-state index >= 15 is 0 Å². The largest absolute Gasteiger partial charge is 0.496 e. The molecule has 0 radical (unpaired) electrons. The third kappa shape index (κ3) is 6.10. The fraction of sp³-hybridized carbons (Fsp3) is 0.348. The van der Waals surface area contributed by atoms with E-state index in [1.165, 1.54) is 25.3 Å². The maximum atomic E-state index is 13.1. The first-order valence-corrected chi connectivity index (χ1v) is 11.7. The highest BCUT2D eigenvalue weighted by atomic mass is 32.2. The molecular formula is C23H26N4O5S. The lowest BCUT2D eigenvalue weighted by atomic mass is 10.2. The maximum Gasteiger partial charge on any atom is 0.296 e. The molecule has 0 aliphatic carbocycles. The third-order valence-corrected chi connectivity index (χ3v) is 6.05. The second-order valence-electron chi connectivity index (χ2n) is 7.41. The summed E-state index contributed by atoms with van der Waals surface area (Å²) >= 11 is 1.13. The average Bonchev–Trinajstić information content (AvgIpc) is 2.82. The van der Waals surface area contributed by atoms with E-state index in [9.17, 15) is 19.7 Å². The monoisotopic (exact) mass is 470 g/mol. The van der Waals surface area contributed by atoms with Crippen LogP contribution in [0.1, 0.15) is 32.6 Å². The first-order chi connectivity index (χ1) is 15.9. The van der Waals surface area contributed by atoms with Gasteiger partial charge in [-0.2, -0.15) is 0 Å². The van der Waals surface area contributed by atoms with Crippen molar-refractivity contribution in [3.63, 3.8) is 0 Å². The molecule has 0 aliphatic heterocycles. The zero-order valence-corrected chi connectivity index (χ0v) is 19.4. The molecule has 33 heavy (non-hydrogen) atoms. The summed E-state index contributed by atoms with van der Waals surface area (Å²) in [6, 6.07) is 11.3. The van der Waals surface area contributed by atoms with Crippen LogP contribution >= 0.6 is 11.8 Å². The van der Waals surface area contributed by atoms with Crippen molar-refractivity contribution in [3.05, 3.63) is 62.9 Å². The van der Waals surface area contributed by atoms with Gasteiger partial charge in [-0.3, -0.25) is 24.3 Å². The van der Waals surface area contributed by atoms with Crippen LogP contribution in [-0.2, 0) is 11.3 Å². The summed E-state index contributed by atoms with van der Waals surface area (Å²) in [5.41, 5.74) is 0.256. The lowest BCUT2D eigenvalue weighted by molar-refractivity contribution is -0.384. The lowest BCUT2D eigenvalue weighted by Gasteiger charge is -2.13. The van der Waals surface area contributed by atoms with Crippen LogP contribution in [0, 0.1) is 10.1 Å². The Morgan fingerprint density at radius 2 is 2.00 bits per heavy atom. The smallest absolute Gasteiger partial charge is 0.296 e. The number of unbranched alkanes of at least 4 members (excludes halogenated alkanes) is 3. The van der Waals surface area contributed by atoms with Crippen molar-refractivity contribution in [3.8, 4) is 5.75 Å². The predicted octanol–water partition coefficient (Wildman–Crippen LogP) is 4.62. The number of methoxy groups -OCH3 is 1. The zero-order chi connectivity index (χ0) is 23.8. The highest BCUT2D eigenvalue weighted by molar-refractivity contribution is 7.99. The molecule has 0 aliphatic rings. The van der Waals surface area contributed by atoms with Crippen LogP contribution < -0.4 is 15.6 Å². The van der Waals surface area contributed by atoms with Crippen LogP contribution in [-0.4, -0.2) is 33.2 Å². The quantitative estimate of drug-likeness (QED) is 0.143. The summed E-state index contributed by atoms with van der Waals surface area (Å²) in [4.78, 5) is 41.0. The highest BCUT2D eigenvalue weighted by Gasteiger charge is 2.18. The van der Waals surface area contributed by atoms with Crippen LogP contribution in [0.25, 0.3) is 10.9 Å². The van der Waals surface area contributed by atoms with E-state index in [-0.39, 0.29) is 22.7 Å². The molecule has 0 saturated carbocycles. The van der Waals surface area contributed by atoms with Gasteiger partial charge in [-0.1, -0.05) is 50.1 Å². The molecule has 0 bridgehead atoms. The molecule has 9 nitrogen and oxygen atoms in total. The molecule has 3 rings (SSSR count). The molecule has 0 atom stereocenters. The second-order valence-corrected chi connectivity index (χ2v) is 8.35. The second kappa shape index (κ2) is 11.5. The van der Waals surface area contributed by atoms with Gasteiger partial charge in [-0.25, -0.2) is 4.98 Å². The van der Waals surface area contributed by atoms with Gasteiger partial charge < -0.3 is 10.1 Å². The van der Waals surface area contributed by atoms with Gasteiger partial charge in [0.25, 0.3) is 11.2 Å². The molecule has 1 aromatic heterocycles. The van der Waals surface area contributed by atoms with E-state index in [0.29, 0.717) is 28.4 Å². The molecule has 0 saturated heterocycles. The molecule has 0 spiro atoms. The lowest BCUT2D eigenvalue weighted by Crippen LogP contribution is -2.24. The highest BCUT2D eigenvalue weighted by Crippen LogP contribution is 2.29. The topological polar surface area (TPSA) is 116 Å². The van der Waals surface area contributed by atoms with Crippen molar-refractivity contribution in [2.75, 3.05) is 18.2 Å². The summed E-state index contributed by atoms with van der Waals surface area (Å²) in [6.07, 6.45) is 4.01. The van der Waals surface area contributed by atoms with Gasteiger partial charge in [0.15, 0.2) is 5.16 Å². The van der Waals surface area contributed by atoms with Crippen molar-refractivity contribution in [2.24, 2.45) is 0 Å². The fourth-order valence-corrected chi connectivity index (χ4v) is 4.19. The van der Waals surface area contributed by atoms with Crippen LogP contribution in [0.15, 0.2) is 52.4 Å². The summed E-state index contributed by atoms with van der Waals surface area (Å²) in [5.74, 6) is -0.169. The number of nitro groups is 1. The van der Waals surface area contributed by atoms with Crippen LogP contribution in [0.5, 0.6) is 5.75 Å². The number of amides is 1. The Hall–Kier alpha value is -3.40. The first kappa shape index (κ1) is 24.2. The van der Waals surface area contributed by atoms with Crippen molar-refractivity contribution in [1.29, 1.82) is 0 Å². The summed E-state index contributed by atoms with van der Waals surface area (Å²) < 4.78 is 6.63. The molecule has 0 unspecified atom stereocenters. The van der Waals surface area contributed by atoms with Gasteiger partial charge in [0.2, 0.25) is 5.91 Å². The van der Waals surface area contributed by atoms with Crippen molar-refractivity contribution in [1.82, 2.24) is 9.55 Å². The number of fused-ring (bicyclic) bond motifs is 1. The van der Waals surface area contributed by atoms with E-state index in [1.54, 1.807) is 22.8 Å². The number of ether oxygens (including phenoxy) is 1. The average molecular weight is 471 g/mol. The van der Waals surface area contributed by atoms with Crippen molar-refractivity contribution in [2.45, 2.75) is 44.3 Å². The number of para-hydroxylation sites is 1. The number of aromatic nitrogens is 2. The summed E-state index contributed by atoms with van der Waals surface area (Å²) in [7, 11) is 1.41. The maximum absolute atomic E-state index is 13.1. The van der Waals surface area contributed by atoms with E-state index < -0.39 is 10.8 Å². The van der Waals surface area contributed by atoms with Gasteiger partial charge in [-0.15, -0.1) is 0 Å². The van der Waals surface area contributed by atoms with Gasteiger partial charge in [0.05, 0.1) is 34.8 Å². The van der Waals surface area contributed by atoms with Gasteiger partial charge in [0.1, 0.15) is 11.4 Å². The number of nitrogens with zero attached hydrogens (tertiary/aromatic N) is 3. The number of anilines is 1. The number of hydrogen-bond donors (Lipinski definition) is 1. The molecule has 1 amide bonds. The number of carbonyl (C=O) groups is 1. The number of hydrogen-bond acceptors (Lipinski definition) is 7. The first-order valence-electron chi connectivity index (χ1n) is 10.7. The fourth-order valence-electron chi connectivity index (χ4n) is 3.36. The van der Waals surface area contributed by atoms with Gasteiger partial charge in [0, 0.05) is 6.54 Å². The Labute approximate surface area is 195 Å². The Balaban J connectivity index is 1.79. The molecule has 10 heteroatoms. The number of carbonyl (C=O) groups excluding carboxylic acids is 1. The molecule has 3 aromatic rings. The van der Waals surface area contributed by atoms with Crippen LogP contribution in [0.3, 0.4) is 0 Å². The SMILES string of the molecule is CCCCCCn1c(SCC(=O)Nc2ccc(OC)cc2[N+](=O)[O-])nc2ccccc2c1=O. The van der Waals surface area contributed by atoms with Crippen molar-refractivity contribution >= 4 is 39.9 Å².